The molecule has 2 aromatic rings. The molecule has 0 spiro atoms. The highest BCUT2D eigenvalue weighted by Crippen LogP contribution is 2.18. The van der Waals surface area contributed by atoms with E-state index in [1.165, 1.54) is 6.07 Å². The summed E-state index contributed by atoms with van der Waals surface area (Å²) in [7, 11) is 0. The van der Waals surface area contributed by atoms with Gasteiger partial charge < -0.3 is 4.74 Å². The number of halogens is 2. The minimum Gasteiger partial charge on any atom is -0.482 e. The predicted molar refractivity (Wildman–Crippen MR) is 58.8 cm³/mol. The lowest BCUT2D eigenvalue weighted by molar-refractivity contribution is 0.272. The van der Waals surface area contributed by atoms with Crippen LogP contribution < -0.4 is 4.74 Å². The van der Waals surface area contributed by atoms with Crippen LogP contribution in [0.15, 0.2) is 18.2 Å². The van der Waals surface area contributed by atoms with Crippen LogP contribution >= 0.6 is 0 Å². The van der Waals surface area contributed by atoms with Gasteiger partial charge in [0.2, 0.25) is 0 Å². The van der Waals surface area contributed by atoms with Gasteiger partial charge in [0.05, 0.1) is 0 Å². The first-order valence-corrected chi connectivity index (χ1v) is 5.53. The summed E-state index contributed by atoms with van der Waals surface area (Å²) in [6.45, 7) is 2.69. The maximum absolute atomic E-state index is 13.3. The van der Waals surface area contributed by atoms with Gasteiger partial charge in [-0.15, -0.1) is 5.10 Å². The first kappa shape index (κ1) is 12.4. The first-order chi connectivity index (χ1) is 8.70. The zero-order valence-electron chi connectivity index (χ0n) is 9.81. The Hall–Kier alpha value is -2.05. The van der Waals surface area contributed by atoms with Gasteiger partial charge in [0.1, 0.15) is 12.4 Å². The standard InChI is InChI=1S/C11H12F2N4O/c1-2-5-17-11(14-15-16-17)7-18-10-4-3-8(12)6-9(10)13/h3-4,6H,2,5,7H2,1H3. The molecular formula is C11H12F2N4O. The van der Waals surface area contributed by atoms with Crippen LogP contribution in [-0.4, -0.2) is 20.2 Å². The zero-order chi connectivity index (χ0) is 13.0. The van der Waals surface area contributed by atoms with E-state index in [9.17, 15) is 8.78 Å². The lowest BCUT2D eigenvalue weighted by Gasteiger charge is -2.07. The largest absolute Gasteiger partial charge is 0.482 e. The monoisotopic (exact) mass is 254 g/mol. The number of aryl methyl sites for hydroxylation is 1. The highest BCUT2D eigenvalue weighted by atomic mass is 19.1. The van der Waals surface area contributed by atoms with E-state index in [2.05, 4.69) is 15.5 Å². The molecule has 7 heteroatoms. The van der Waals surface area contributed by atoms with Crippen LogP contribution in [-0.2, 0) is 13.2 Å². The molecule has 5 nitrogen and oxygen atoms in total. The van der Waals surface area contributed by atoms with Crippen molar-refractivity contribution in [1.82, 2.24) is 20.2 Å². The number of hydrogen-bond acceptors (Lipinski definition) is 4. The Labute approximate surface area is 102 Å². The third-order valence-corrected chi connectivity index (χ3v) is 2.29. The minimum atomic E-state index is -0.746. The molecule has 18 heavy (non-hydrogen) atoms. The molecule has 0 fully saturated rings. The molecule has 1 heterocycles. The Morgan fingerprint density at radius 1 is 1.33 bits per heavy atom. The topological polar surface area (TPSA) is 52.8 Å². The van der Waals surface area contributed by atoms with Gasteiger partial charge in [0.25, 0.3) is 0 Å². The third kappa shape index (κ3) is 2.79. The number of rotatable bonds is 5. The molecule has 0 radical (unpaired) electrons. The molecular weight excluding hydrogens is 242 g/mol. The molecule has 0 amide bonds. The SMILES string of the molecule is CCCn1nnnc1COc1ccc(F)cc1F. The van der Waals surface area contributed by atoms with E-state index in [1.54, 1.807) is 4.68 Å². The summed E-state index contributed by atoms with van der Waals surface area (Å²) in [5, 5.41) is 11.1. The molecule has 96 valence electrons. The first-order valence-electron chi connectivity index (χ1n) is 5.53. The van der Waals surface area contributed by atoms with E-state index in [0.717, 1.165) is 18.6 Å². The minimum absolute atomic E-state index is 0.0255. The second-order valence-corrected chi connectivity index (χ2v) is 3.68. The van der Waals surface area contributed by atoms with E-state index < -0.39 is 11.6 Å². The fraction of sp³-hybridized carbons (Fsp3) is 0.364. The molecule has 2 rings (SSSR count). The van der Waals surface area contributed by atoms with Gasteiger partial charge in [-0.3, -0.25) is 0 Å². The highest BCUT2D eigenvalue weighted by molar-refractivity contribution is 5.24. The molecule has 1 aromatic carbocycles. The summed E-state index contributed by atoms with van der Waals surface area (Å²) < 4.78 is 32.8. The Bertz CT molecular complexity index is 530. The summed E-state index contributed by atoms with van der Waals surface area (Å²) in [6.07, 6.45) is 0.878. The zero-order valence-corrected chi connectivity index (χ0v) is 9.81. The quantitative estimate of drug-likeness (QED) is 0.818. The molecule has 0 aliphatic rings. The molecule has 1 aromatic heterocycles. The Morgan fingerprint density at radius 3 is 2.89 bits per heavy atom. The molecule has 0 aliphatic heterocycles. The average molecular weight is 254 g/mol. The van der Waals surface area contributed by atoms with Crippen molar-refractivity contribution < 1.29 is 13.5 Å². The van der Waals surface area contributed by atoms with Crippen LogP contribution in [0.4, 0.5) is 8.78 Å². The van der Waals surface area contributed by atoms with Crippen molar-refractivity contribution in [3.05, 3.63) is 35.7 Å². The lowest BCUT2D eigenvalue weighted by Crippen LogP contribution is -2.09. The summed E-state index contributed by atoms with van der Waals surface area (Å²) >= 11 is 0. The van der Waals surface area contributed by atoms with Crippen LogP contribution in [0.2, 0.25) is 0 Å². The van der Waals surface area contributed by atoms with E-state index in [1.807, 2.05) is 6.92 Å². The number of hydrogen-bond donors (Lipinski definition) is 0. The number of aromatic nitrogens is 4. The van der Waals surface area contributed by atoms with Gasteiger partial charge in [0, 0.05) is 12.6 Å². The van der Waals surface area contributed by atoms with Gasteiger partial charge in [-0.1, -0.05) is 6.92 Å². The van der Waals surface area contributed by atoms with Crippen molar-refractivity contribution in [2.75, 3.05) is 0 Å². The van der Waals surface area contributed by atoms with Crippen molar-refractivity contribution in [3.8, 4) is 5.75 Å². The average Bonchev–Trinajstić information content (AvgIpc) is 2.76. The maximum atomic E-state index is 13.3. The second kappa shape index (κ2) is 5.52. The number of nitrogens with zero attached hydrogens (tertiary/aromatic N) is 4. The number of ether oxygens (including phenoxy) is 1. The molecule has 0 atom stereocenters. The van der Waals surface area contributed by atoms with E-state index in [-0.39, 0.29) is 12.4 Å². The summed E-state index contributed by atoms with van der Waals surface area (Å²) in [4.78, 5) is 0. The maximum Gasteiger partial charge on any atom is 0.189 e. The van der Waals surface area contributed by atoms with Crippen LogP contribution in [0.5, 0.6) is 5.75 Å². The van der Waals surface area contributed by atoms with E-state index in [0.29, 0.717) is 12.4 Å². The van der Waals surface area contributed by atoms with Gasteiger partial charge in [0.15, 0.2) is 17.4 Å². The molecule has 0 saturated heterocycles. The van der Waals surface area contributed by atoms with Crippen LogP contribution in [0.25, 0.3) is 0 Å². The van der Waals surface area contributed by atoms with Crippen molar-refractivity contribution >= 4 is 0 Å². The molecule has 0 aliphatic carbocycles. The number of tetrazole rings is 1. The molecule has 0 N–H and O–H groups in total. The van der Waals surface area contributed by atoms with Crippen molar-refractivity contribution in [2.24, 2.45) is 0 Å². The summed E-state index contributed by atoms with van der Waals surface area (Å²) in [6, 6.07) is 3.14. The van der Waals surface area contributed by atoms with E-state index >= 15 is 0 Å². The van der Waals surface area contributed by atoms with E-state index in [4.69, 9.17) is 4.74 Å². The number of benzene rings is 1. The second-order valence-electron chi connectivity index (χ2n) is 3.68. The van der Waals surface area contributed by atoms with Crippen molar-refractivity contribution in [2.45, 2.75) is 26.5 Å². The highest BCUT2D eigenvalue weighted by Gasteiger charge is 2.09. The lowest BCUT2D eigenvalue weighted by atomic mass is 10.3. The van der Waals surface area contributed by atoms with Crippen LogP contribution in [0.3, 0.4) is 0 Å². The summed E-state index contributed by atoms with van der Waals surface area (Å²) in [5.74, 6) is -0.914. The van der Waals surface area contributed by atoms with Crippen molar-refractivity contribution in [3.63, 3.8) is 0 Å². The summed E-state index contributed by atoms with van der Waals surface area (Å²) in [5.41, 5.74) is 0. The fourth-order valence-corrected chi connectivity index (χ4v) is 1.45. The van der Waals surface area contributed by atoms with Crippen LogP contribution in [0, 0.1) is 11.6 Å². The molecule has 0 bridgehead atoms. The predicted octanol–water partition coefficient (Wildman–Crippen LogP) is 1.94. The normalized spacial score (nSPS) is 10.6. The van der Waals surface area contributed by atoms with Gasteiger partial charge in [-0.25, -0.2) is 13.5 Å². The van der Waals surface area contributed by atoms with Gasteiger partial charge >= 0.3 is 0 Å². The van der Waals surface area contributed by atoms with Gasteiger partial charge in [-0.2, -0.15) is 0 Å². The fourth-order valence-electron chi connectivity index (χ4n) is 1.45. The Morgan fingerprint density at radius 2 is 2.17 bits per heavy atom. The Balaban J connectivity index is 2.04. The molecule has 0 unspecified atom stereocenters. The smallest absolute Gasteiger partial charge is 0.189 e. The third-order valence-electron chi connectivity index (χ3n) is 2.29. The molecule has 0 saturated carbocycles. The van der Waals surface area contributed by atoms with Gasteiger partial charge in [-0.05, 0) is 29.0 Å². The Kier molecular flexibility index (Phi) is 3.81. The van der Waals surface area contributed by atoms with Crippen molar-refractivity contribution in [1.29, 1.82) is 0 Å². The van der Waals surface area contributed by atoms with Crippen LogP contribution in [0.1, 0.15) is 19.2 Å².